The molecule has 148 valence electrons. The van der Waals surface area contributed by atoms with Crippen molar-refractivity contribution >= 4 is 21.4 Å². The molecule has 28 heavy (non-hydrogen) atoms. The van der Waals surface area contributed by atoms with Crippen molar-refractivity contribution in [2.45, 2.75) is 44.9 Å². The van der Waals surface area contributed by atoms with Gasteiger partial charge in [-0.3, -0.25) is 4.79 Å². The number of nitrogens with zero attached hydrogens (tertiary/aromatic N) is 3. The Kier molecular flexibility index (Phi) is 5.46. The summed E-state index contributed by atoms with van der Waals surface area (Å²) in [5.41, 5.74) is 3.40. The van der Waals surface area contributed by atoms with Crippen LogP contribution in [0.3, 0.4) is 0 Å². The molecule has 7 heteroatoms. The minimum absolute atomic E-state index is 0.00715. The first-order chi connectivity index (χ1) is 13.6. The first kappa shape index (κ1) is 19.1. The van der Waals surface area contributed by atoms with Crippen molar-refractivity contribution in [3.8, 4) is 0 Å². The normalized spacial score (nSPS) is 16.4. The Labute approximate surface area is 168 Å². The molecule has 1 saturated heterocycles. The predicted octanol–water partition coefficient (Wildman–Crippen LogP) is 3.57. The first-order valence-corrected chi connectivity index (χ1v) is 10.7. The number of hydrogen-bond acceptors (Lipinski definition) is 6. The summed E-state index contributed by atoms with van der Waals surface area (Å²) >= 11 is 1.44. The highest BCUT2D eigenvalue weighted by Gasteiger charge is 2.35. The van der Waals surface area contributed by atoms with E-state index in [4.69, 9.17) is 4.74 Å². The Hall–Kier alpha value is -2.25. The number of anilines is 1. The summed E-state index contributed by atoms with van der Waals surface area (Å²) in [4.78, 5) is 17.6. The molecular formula is C21H26N4O2S. The monoisotopic (exact) mass is 398 g/mol. The average molecular weight is 399 g/mol. The summed E-state index contributed by atoms with van der Waals surface area (Å²) in [5, 5.41) is 8.70. The molecule has 0 bridgehead atoms. The highest BCUT2D eigenvalue weighted by molar-refractivity contribution is 7.20. The highest BCUT2D eigenvalue weighted by Crippen LogP contribution is 2.37. The van der Waals surface area contributed by atoms with E-state index in [0.29, 0.717) is 4.96 Å². The Morgan fingerprint density at radius 3 is 2.82 bits per heavy atom. The standard InChI is InChI=1S/C21H26N4O2S/c1-3-6-16-13-18(26)25-20(23-16)28-19(24-25)22-14-21(9-11-27-12-10-21)17-8-5-4-7-15(17)2/h4-5,7-8,13H,3,6,9-12,14H2,1-2H3,(H,22,24). The van der Waals surface area contributed by atoms with Crippen LogP contribution < -0.4 is 10.9 Å². The van der Waals surface area contributed by atoms with Crippen LogP contribution in [0.2, 0.25) is 0 Å². The van der Waals surface area contributed by atoms with Crippen molar-refractivity contribution < 1.29 is 4.74 Å². The van der Waals surface area contributed by atoms with E-state index >= 15 is 0 Å². The van der Waals surface area contributed by atoms with Crippen LogP contribution >= 0.6 is 11.3 Å². The smallest absolute Gasteiger partial charge is 0.275 e. The lowest BCUT2D eigenvalue weighted by Gasteiger charge is -2.38. The van der Waals surface area contributed by atoms with E-state index in [-0.39, 0.29) is 11.0 Å². The van der Waals surface area contributed by atoms with E-state index in [1.807, 2.05) is 0 Å². The Morgan fingerprint density at radius 2 is 2.07 bits per heavy atom. The number of ether oxygens (including phenoxy) is 1. The third-order valence-corrected chi connectivity index (χ3v) is 6.41. The van der Waals surface area contributed by atoms with Crippen molar-refractivity contribution in [2.75, 3.05) is 25.1 Å². The average Bonchev–Trinajstić information content (AvgIpc) is 3.11. The maximum absolute atomic E-state index is 12.3. The molecule has 1 aliphatic heterocycles. The molecule has 0 saturated carbocycles. The molecule has 6 nitrogen and oxygen atoms in total. The van der Waals surface area contributed by atoms with Crippen LogP contribution in [0, 0.1) is 6.92 Å². The van der Waals surface area contributed by atoms with Crippen molar-refractivity contribution in [1.82, 2.24) is 14.6 Å². The van der Waals surface area contributed by atoms with Crippen LogP contribution in [-0.4, -0.2) is 34.4 Å². The van der Waals surface area contributed by atoms with Gasteiger partial charge in [-0.05, 0) is 37.3 Å². The van der Waals surface area contributed by atoms with Gasteiger partial charge in [0.15, 0.2) is 0 Å². The van der Waals surface area contributed by atoms with Gasteiger partial charge in [0.2, 0.25) is 10.1 Å². The second-order valence-corrected chi connectivity index (χ2v) is 8.45. The zero-order valence-electron chi connectivity index (χ0n) is 16.4. The Morgan fingerprint density at radius 1 is 1.29 bits per heavy atom. The fourth-order valence-electron chi connectivity index (χ4n) is 4.03. The number of hydrogen-bond donors (Lipinski definition) is 1. The van der Waals surface area contributed by atoms with Gasteiger partial charge in [-0.1, -0.05) is 48.9 Å². The summed E-state index contributed by atoms with van der Waals surface area (Å²) in [6.07, 6.45) is 3.71. The van der Waals surface area contributed by atoms with Gasteiger partial charge >= 0.3 is 0 Å². The van der Waals surface area contributed by atoms with Crippen molar-refractivity contribution in [3.05, 3.63) is 57.5 Å². The number of benzene rings is 1. The summed E-state index contributed by atoms with van der Waals surface area (Å²) in [6, 6.07) is 10.2. The fraction of sp³-hybridized carbons (Fsp3) is 0.476. The van der Waals surface area contributed by atoms with Gasteiger partial charge in [0.1, 0.15) is 0 Å². The number of aromatic nitrogens is 3. The number of aryl methyl sites for hydroxylation is 2. The zero-order chi connectivity index (χ0) is 19.6. The second kappa shape index (κ2) is 8.01. The molecule has 4 rings (SSSR count). The third kappa shape index (κ3) is 3.69. The van der Waals surface area contributed by atoms with Crippen molar-refractivity contribution in [2.24, 2.45) is 0 Å². The zero-order valence-corrected chi connectivity index (χ0v) is 17.2. The van der Waals surface area contributed by atoms with Gasteiger partial charge in [-0.15, -0.1) is 5.10 Å². The minimum atomic E-state index is -0.113. The third-order valence-electron chi connectivity index (χ3n) is 5.55. The van der Waals surface area contributed by atoms with E-state index in [9.17, 15) is 4.79 Å². The quantitative estimate of drug-likeness (QED) is 0.687. The molecule has 2 aromatic heterocycles. The summed E-state index contributed by atoms with van der Waals surface area (Å²) in [6.45, 7) is 6.54. The van der Waals surface area contributed by atoms with Crippen LogP contribution in [0.4, 0.5) is 5.13 Å². The molecule has 1 N–H and O–H groups in total. The van der Waals surface area contributed by atoms with Gasteiger partial charge < -0.3 is 10.1 Å². The minimum Gasteiger partial charge on any atom is -0.381 e. The van der Waals surface area contributed by atoms with Gasteiger partial charge in [0.05, 0.1) is 0 Å². The fourth-order valence-corrected chi connectivity index (χ4v) is 4.85. The lowest BCUT2D eigenvalue weighted by molar-refractivity contribution is 0.0542. The molecule has 1 fully saturated rings. The number of fused-ring (bicyclic) bond motifs is 1. The van der Waals surface area contributed by atoms with E-state index in [2.05, 4.69) is 53.5 Å². The predicted molar refractivity (Wildman–Crippen MR) is 113 cm³/mol. The lowest BCUT2D eigenvalue weighted by atomic mass is 9.72. The Balaban J connectivity index is 1.62. The maximum atomic E-state index is 12.3. The van der Waals surface area contributed by atoms with E-state index in [1.165, 1.54) is 27.0 Å². The summed E-state index contributed by atoms with van der Waals surface area (Å²) in [5.74, 6) is 0. The molecule has 0 spiro atoms. The Bertz CT molecular complexity index is 1020. The van der Waals surface area contributed by atoms with Crippen LogP contribution in [0.5, 0.6) is 0 Å². The van der Waals surface area contributed by atoms with Gasteiger partial charge in [0, 0.05) is 36.9 Å². The van der Waals surface area contributed by atoms with E-state index in [0.717, 1.165) is 56.3 Å². The van der Waals surface area contributed by atoms with Gasteiger partial charge in [0.25, 0.3) is 5.56 Å². The van der Waals surface area contributed by atoms with Crippen LogP contribution in [0.15, 0.2) is 35.1 Å². The summed E-state index contributed by atoms with van der Waals surface area (Å²) < 4.78 is 7.04. The molecule has 3 heterocycles. The van der Waals surface area contributed by atoms with E-state index in [1.54, 1.807) is 6.07 Å². The molecule has 3 aromatic rings. The molecule has 0 unspecified atom stereocenters. The van der Waals surface area contributed by atoms with Crippen molar-refractivity contribution in [3.63, 3.8) is 0 Å². The molecule has 1 aromatic carbocycles. The van der Waals surface area contributed by atoms with Crippen LogP contribution in [0.25, 0.3) is 4.96 Å². The first-order valence-electron chi connectivity index (χ1n) is 9.89. The molecule has 0 amide bonds. The lowest BCUT2D eigenvalue weighted by Crippen LogP contribution is -2.40. The van der Waals surface area contributed by atoms with Crippen LogP contribution in [0.1, 0.15) is 43.0 Å². The molecule has 1 aliphatic rings. The second-order valence-electron chi connectivity index (χ2n) is 7.50. The number of rotatable bonds is 6. The topological polar surface area (TPSA) is 68.5 Å². The maximum Gasteiger partial charge on any atom is 0.275 e. The summed E-state index contributed by atoms with van der Waals surface area (Å²) in [7, 11) is 0. The largest absolute Gasteiger partial charge is 0.381 e. The van der Waals surface area contributed by atoms with Crippen LogP contribution in [-0.2, 0) is 16.6 Å². The molecule has 0 aliphatic carbocycles. The number of nitrogens with one attached hydrogen (secondary N) is 1. The van der Waals surface area contributed by atoms with Gasteiger partial charge in [-0.25, -0.2) is 4.98 Å². The SMILES string of the molecule is CCCc1cc(=O)n2nc(NCC3(c4ccccc4C)CCOCC3)sc2n1. The molecular weight excluding hydrogens is 372 g/mol. The van der Waals surface area contributed by atoms with Gasteiger partial charge in [-0.2, -0.15) is 4.52 Å². The molecule has 0 atom stereocenters. The highest BCUT2D eigenvalue weighted by atomic mass is 32.1. The molecule has 0 radical (unpaired) electrons. The van der Waals surface area contributed by atoms with E-state index < -0.39 is 0 Å². The van der Waals surface area contributed by atoms with Crippen molar-refractivity contribution in [1.29, 1.82) is 0 Å².